The number of carboxylic acid groups (broad SMARTS) is 1. The van der Waals surface area contributed by atoms with Gasteiger partial charge in [-0.25, -0.2) is 9.59 Å². The molecule has 1 aromatic heterocycles. The number of nitrogens with zero attached hydrogens (tertiary/aromatic N) is 3. The minimum absolute atomic E-state index is 0.0800. The van der Waals surface area contributed by atoms with Crippen molar-refractivity contribution in [2.24, 2.45) is 0 Å². The molecule has 9 nitrogen and oxygen atoms in total. The molecule has 0 spiro atoms. The Balaban J connectivity index is 1.95. The van der Waals surface area contributed by atoms with Gasteiger partial charge >= 0.3 is 12.0 Å². The van der Waals surface area contributed by atoms with E-state index in [4.69, 9.17) is 14.4 Å². The first kappa shape index (κ1) is 14.3. The molecule has 2 amide bonds. The maximum atomic E-state index is 12.0. The number of amides is 2. The molecule has 2 unspecified atom stereocenters. The van der Waals surface area contributed by atoms with Crippen LogP contribution in [0.15, 0.2) is 4.52 Å². The van der Waals surface area contributed by atoms with E-state index in [0.717, 1.165) is 0 Å². The molecule has 1 aliphatic heterocycles. The Morgan fingerprint density at radius 2 is 2.35 bits per heavy atom. The zero-order valence-electron chi connectivity index (χ0n) is 11.2. The zero-order chi connectivity index (χ0) is 14.7. The van der Waals surface area contributed by atoms with E-state index in [-0.39, 0.29) is 25.6 Å². The number of carbonyl (C=O) groups is 2. The molecule has 1 fully saturated rings. The molecule has 20 heavy (non-hydrogen) atoms. The van der Waals surface area contributed by atoms with Crippen LogP contribution in [-0.4, -0.2) is 57.9 Å². The van der Waals surface area contributed by atoms with Crippen molar-refractivity contribution in [1.82, 2.24) is 20.4 Å². The second-order valence-electron chi connectivity index (χ2n) is 4.49. The summed E-state index contributed by atoms with van der Waals surface area (Å²) in [5.41, 5.74) is 0. The number of rotatable bonds is 4. The smallest absolute Gasteiger partial charge is 0.326 e. The second-order valence-corrected chi connectivity index (χ2v) is 4.49. The lowest BCUT2D eigenvalue weighted by Crippen LogP contribution is -2.46. The minimum atomic E-state index is -1.05. The molecule has 1 aliphatic rings. The lowest BCUT2D eigenvalue weighted by atomic mass is 10.2. The number of urea groups is 1. The van der Waals surface area contributed by atoms with Gasteiger partial charge in [0.15, 0.2) is 5.82 Å². The van der Waals surface area contributed by atoms with Gasteiger partial charge in [-0.3, -0.25) is 0 Å². The maximum Gasteiger partial charge on any atom is 0.326 e. The van der Waals surface area contributed by atoms with Crippen molar-refractivity contribution in [3.8, 4) is 0 Å². The van der Waals surface area contributed by atoms with Crippen molar-refractivity contribution in [2.75, 3.05) is 13.7 Å². The zero-order valence-corrected chi connectivity index (χ0v) is 11.2. The number of likely N-dealkylation sites (tertiary alicyclic amines) is 1. The van der Waals surface area contributed by atoms with Crippen LogP contribution in [-0.2, 0) is 16.1 Å². The average Bonchev–Trinajstić information content (AvgIpc) is 3.02. The standard InChI is InChI=1S/C11H16N4O5/c1-6-13-9(14-20-6)4-12-11(18)15-5-7(19-2)3-8(15)10(16)17/h7-8H,3-5H2,1-2H3,(H,12,18)(H,16,17). The van der Waals surface area contributed by atoms with Crippen LogP contribution in [0.3, 0.4) is 0 Å². The monoisotopic (exact) mass is 284 g/mol. The van der Waals surface area contributed by atoms with Gasteiger partial charge in [-0.15, -0.1) is 0 Å². The first-order valence-corrected chi connectivity index (χ1v) is 6.10. The fourth-order valence-corrected chi connectivity index (χ4v) is 2.10. The number of carbonyl (C=O) groups excluding carboxylic acids is 1. The molecule has 2 heterocycles. The predicted molar refractivity (Wildman–Crippen MR) is 64.8 cm³/mol. The van der Waals surface area contributed by atoms with Gasteiger partial charge in [0.2, 0.25) is 5.89 Å². The average molecular weight is 284 g/mol. The summed E-state index contributed by atoms with van der Waals surface area (Å²) >= 11 is 0. The Labute approximate surface area is 114 Å². The van der Waals surface area contributed by atoms with Crippen molar-refractivity contribution in [3.63, 3.8) is 0 Å². The first-order valence-electron chi connectivity index (χ1n) is 6.10. The van der Waals surface area contributed by atoms with E-state index in [9.17, 15) is 9.59 Å². The number of aliphatic carboxylic acids is 1. The molecule has 9 heteroatoms. The molecule has 0 saturated carbocycles. The number of methoxy groups -OCH3 is 1. The van der Waals surface area contributed by atoms with Crippen molar-refractivity contribution in [2.45, 2.75) is 32.0 Å². The Kier molecular flexibility index (Phi) is 4.18. The highest BCUT2D eigenvalue weighted by atomic mass is 16.5. The number of ether oxygens (including phenoxy) is 1. The number of hydrogen-bond donors (Lipinski definition) is 2. The summed E-state index contributed by atoms with van der Waals surface area (Å²) in [6.07, 6.45) is 0.00915. The van der Waals surface area contributed by atoms with Crippen molar-refractivity contribution < 1.29 is 24.0 Å². The van der Waals surface area contributed by atoms with Gasteiger partial charge in [0.05, 0.1) is 12.6 Å². The SMILES string of the molecule is COC1CC(C(=O)O)N(C(=O)NCc2noc(C)n2)C1. The molecule has 0 radical (unpaired) electrons. The number of aromatic nitrogens is 2. The Morgan fingerprint density at radius 1 is 1.60 bits per heavy atom. The van der Waals surface area contributed by atoms with Crippen LogP contribution < -0.4 is 5.32 Å². The maximum absolute atomic E-state index is 12.0. The van der Waals surface area contributed by atoms with Crippen molar-refractivity contribution in [1.29, 1.82) is 0 Å². The lowest BCUT2D eigenvalue weighted by molar-refractivity contribution is -0.141. The van der Waals surface area contributed by atoms with Crippen molar-refractivity contribution in [3.05, 3.63) is 11.7 Å². The normalized spacial score (nSPS) is 22.0. The number of carboxylic acids is 1. The van der Waals surface area contributed by atoms with Gasteiger partial charge < -0.3 is 24.6 Å². The van der Waals surface area contributed by atoms with Crippen LogP contribution in [0.2, 0.25) is 0 Å². The van der Waals surface area contributed by atoms with Crippen LogP contribution in [0.4, 0.5) is 4.79 Å². The molecule has 110 valence electrons. The number of aryl methyl sites for hydroxylation is 1. The molecule has 0 aliphatic carbocycles. The van der Waals surface area contributed by atoms with Crippen LogP contribution in [0.25, 0.3) is 0 Å². The third-order valence-corrected chi connectivity index (χ3v) is 3.11. The molecular weight excluding hydrogens is 268 g/mol. The number of hydrogen-bond acceptors (Lipinski definition) is 6. The van der Waals surface area contributed by atoms with Crippen molar-refractivity contribution >= 4 is 12.0 Å². The van der Waals surface area contributed by atoms with Gasteiger partial charge in [0.1, 0.15) is 6.04 Å². The Morgan fingerprint density at radius 3 is 2.90 bits per heavy atom. The van der Waals surface area contributed by atoms with Gasteiger partial charge in [-0.1, -0.05) is 5.16 Å². The van der Waals surface area contributed by atoms with E-state index in [0.29, 0.717) is 11.7 Å². The highest BCUT2D eigenvalue weighted by Crippen LogP contribution is 2.20. The molecular formula is C11H16N4O5. The summed E-state index contributed by atoms with van der Waals surface area (Å²) in [5.74, 6) is -0.307. The van der Waals surface area contributed by atoms with E-state index in [1.54, 1.807) is 6.92 Å². The van der Waals surface area contributed by atoms with E-state index in [2.05, 4.69) is 15.5 Å². The molecule has 1 aromatic rings. The van der Waals surface area contributed by atoms with Gasteiger partial charge in [0, 0.05) is 27.0 Å². The summed E-state index contributed by atoms with van der Waals surface area (Å²) < 4.78 is 9.89. The van der Waals surface area contributed by atoms with Crippen LogP contribution >= 0.6 is 0 Å². The third-order valence-electron chi connectivity index (χ3n) is 3.11. The fourth-order valence-electron chi connectivity index (χ4n) is 2.10. The first-order chi connectivity index (χ1) is 9.51. The minimum Gasteiger partial charge on any atom is -0.480 e. The van der Waals surface area contributed by atoms with E-state index in [1.165, 1.54) is 12.0 Å². The molecule has 0 bridgehead atoms. The summed E-state index contributed by atoms with van der Waals surface area (Å²) in [4.78, 5) is 28.3. The van der Waals surface area contributed by atoms with E-state index < -0.39 is 18.0 Å². The van der Waals surface area contributed by atoms with Crippen LogP contribution in [0, 0.1) is 6.92 Å². The quantitative estimate of drug-likeness (QED) is 0.783. The fraction of sp³-hybridized carbons (Fsp3) is 0.636. The summed E-state index contributed by atoms with van der Waals surface area (Å²) in [6, 6.07) is -1.37. The highest BCUT2D eigenvalue weighted by molar-refractivity contribution is 5.83. The van der Waals surface area contributed by atoms with Gasteiger partial charge in [0.25, 0.3) is 0 Å². The largest absolute Gasteiger partial charge is 0.480 e. The van der Waals surface area contributed by atoms with Crippen LogP contribution in [0.5, 0.6) is 0 Å². The van der Waals surface area contributed by atoms with E-state index >= 15 is 0 Å². The topological polar surface area (TPSA) is 118 Å². The number of nitrogens with one attached hydrogen (secondary N) is 1. The highest BCUT2D eigenvalue weighted by Gasteiger charge is 2.39. The molecule has 0 aromatic carbocycles. The van der Waals surface area contributed by atoms with Crippen LogP contribution in [0.1, 0.15) is 18.1 Å². The third kappa shape index (κ3) is 3.05. The molecule has 1 saturated heterocycles. The molecule has 2 N–H and O–H groups in total. The molecule has 2 rings (SSSR count). The summed E-state index contributed by atoms with van der Waals surface area (Å²) in [6.45, 7) is 1.96. The summed E-state index contributed by atoms with van der Waals surface area (Å²) in [5, 5.41) is 15.3. The van der Waals surface area contributed by atoms with E-state index in [1.807, 2.05) is 0 Å². The Hall–Kier alpha value is -2.16. The second kappa shape index (κ2) is 5.87. The lowest BCUT2D eigenvalue weighted by Gasteiger charge is -2.21. The molecule has 2 atom stereocenters. The Bertz CT molecular complexity index is 503. The van der Waals surface area contributed by atoms with Gasteiger partial charge in [-0.05, 0) is 0 Å². The summed E-state index contributed by atoms with van der Waals surface area (Å²) in [7, 11) is 1.49. The van der Waals surface area contributed by atoms with Gasteiger partial charge in [-0.2, -0.15) is 4.98 Å². The predicted octanol–water partition coefficient (Wildman–Crippen LogP) is -0.238.